The smallest absolute Gasteiger partial charge is 0.272 e. The molecule has 0 aliphatic heterocycles. The molecule has 5 aromatic rings. The first-order valence-corrected chi connectivity index (χ1v) is 8.64. The Bertz CT molecular complexity index is 1610. The number of aromatic amines is 2. The van der Waals surface area contributed by atoms with Gasteiger partial charge in [0.25, 0.3) is 5.56 Å². The Balaban J connectivity index is 2.03. The fourth-order valence-corrected chi connectivity index (χ4v) is 3.74. The van der Waals surface area contributed by atoms with Gasteiger partial charge in [-0.15, -0.1) is 0 Å². The number of anilines is 1. The molecule has 0 atom stereocenters. The van der Waals surface area contributed by atoms with Gasteiger partial charge in [0.2, 0.25) is 0 Å². The monoisotopic (exact) mass is 377 g/mol. The summed E-state index contributed by atoms with van der Waals surface area (Å²) >= 11 is 0. The molecule has 0 aliphatic rings. The van der Waals surface area contributed by atoms with Gasteiger partial charge in [-0.05, 0) is 29.8 Å². The Morgan fingerprint density at radius 1 is 1.00 bits per heavy atom. The van der Waals surface area contributed by atoms with Crippen molar-refractivity contribution in [1.82, 2.24) is 20.2 Å². The lowest BCUT2D eigenvalue weighted by molar-refractivity contribution is 1.12. The van der Waals surface area contributed by atoms with Crippen molar-refractivity contribution in [1.29, 1.82) is 10.5 Å². The second kappa shape index (κ2) is 5.91. The second-order valence-electron chi connectivity index (χ2n) is 6.53. The molecule has 2 aromatic carbocycles. The summed E-state index contributed by atoms with van der Waals surface area (Å²) < 4.78 is 0. The van der Waals surface area contributed by atoms with E-state index in [0.717, 1.165) is 0 Å². The zero-order valence-electron chi connectivity index (χ0n) is 14.8. The number of benzene rings is 2. The second-order valence-corrected chi connectivity index (χ2v) is 6.53. The third-order valence-electron chi connectivity index (χ3n) is 5.04. The topological polar surface area (TPSA) is 148 Å². The number of fused-ring (bicyclic) bond motifs is 4. The molecule has 0 radical (unpaired) electrons. The molecule has 0 saturated heterocycles. The van der Waals surface area contributed by atoms with Crippen LogP contribution < -0.4 is 11.3 Å². The van der Waals surface area contributed by atoms with Gasteiger partial charge in [-0.2, -0.15) is 15.6 Å². The number of nitrogens with two attached hydrogens (primary N) is 1. The number of hydrogen-bond donors (Lipinski definition) is 3. The molecule has 136 valence electrons. The minimum absolute atomic E-state index is 0.0248. The molecule has 0 unspecified atom stereocenters. The fraction of sp³-hybridized carbons (Fsp3) is 0. The lowest BCUT2D eigenvalue weighted by Gasteiger charge is -2.13. The highest BCUT2D eigenvalue weighted by Gasteiger charge is 2.19. The summed E-state index contributed by atoms with van der Waals surface area (Å²) in [6.07, 6.45) is 3.19. The highest BCUT2D eigenvalue weighted by Crippen LogP contribution is 2.38. The van der Waals surface area contributed by atoms with E-state index in [1.807, 2.05) is 0 Å². The molecule has 3 aromatic heterocycles. The SMILES string of the molecule is N#Cc1cc2c(-c3ccc(C#N)c4[nH]ncc34)c(N)c(=O)[nH]c2c2cccnc12. The van der Waals surface area contributed by atoms with E-state index in [2.05, 4.69) is 32.3 Å². The molecule has 0 saturated carbocycles. The minimum atomic E-state index is -0.441. The van der Waals surface area contributed by atoms with E-state index in [1.165, 1.54) is 0 Å². The molecule has 0 amide bonds. The Morgan fingerprint density at radius 2 is 1.83 bits per heavy atom. The van der Waals surface area contributed by atoms with Crippen LogP contribution in [-0.2, 0) is 0 Å². The van der Waals surface area contributed by atoms with Gasteiger partial charge >= 0.3 is 0 Å². The summed E-state index contributed by atoms with van der Waals surface area (Å²) in [5.41, 5.74) is 9.33. The van der Waals surface area contributed by atoms with Gasteiger partial charge in [0.1, 0.15) is 17.8 Å². The van der Waals surface area contributed by atoms with Gasteiger partial charge in [-0.3, -0.25) is 14.9 Å². The Kier molecular flexibility index (Phi) is 3.36. The number of nitrogens with one attached hydrogen (secondary N) is 2. The predicted molar refractivity (Wildman–Crippen MR) is 109 cm³/mol. The number of nitrogens with zero attached hydrogens (tertiary/aromatic N) is 4. The van der Waals surface area contributed by atoms with Crippen LogP contribution >= 0.6 is 0 Å². The van der Waals surface area contributed by atoms with Crippen LogP contribution in [0.4, 0.5) is 5.69 Å². The summed E-state index contributed by atoms with van der Waals surface area (Å²) in [5, 5.41) is 27.8. The summed E-state index contributed by atoms with van der Waals surface area (Å²) in [6.45, 7) is 0. The molecule has 8 heteroatoms. The van der Waals surface area contributed by atoms with Crippen LogP contribution in [0.3, 0.4) is 0 Å². The third-order valence-corrected chi connectivity index (χ3v) is 5.04. The van der Waals surface area contributed by atoms with Gasteiger partial charge < -0.3 is 10.7 Å². The van der Waals surface area contributed by atoms with E-state index < -0.39 is 5.56 Å². The molecule has 5 rings (SSSR count). The quantitative estimate of drug-likeness (QED) is 0.382. The van der Waals surface area contributed by atoms with Crippen LogP contribution in [-0.4, -0.2) is 20.2 Å². The number of H-pyrrole nitrogens is 2. The van der Waals surface area contributed by atoms with Crippen LogP contribution in [0.1, 0.15) is 11.1 Å². The Hall–Kier alpha value is -4.69. The van der Waals surface area contributed by atoms with Crippen molar-refractivity contribution >= 4 is 38.4 Å². The fourth-order valence-electron chi connectivity index (χ4n) is 3.74. The number of pyridine rings is 2. The lowest BCUT2D eigenvalue weighted by Crippen LogP contribution is -2.14. The first kappa shape index (κ1) is 16.5. The molecule has 8 nitrogen and oxygen atoms in total. The summed E-state index contributed by atoms with van der Waals surface area (Å²) in [4.78, 5) is 19.8. The van der Waals surface area contributed by atoms with E-state index in [0.29, 0.717) is 55.0 Å². The molecule has 4 N–H and O–H groups in total. The standard InChI is InChI=1S/C21H11N7O/c22-7-10-3-4-12(15-9-26-28-19(10)15)16-14-6-11(8-23)18-13(2-1-5-25-18)20(14)27-21(29)17(16)24/h1-6,9H,24H2,(H,26,28)(H,27,29). The van der Waals surface area contributed by atoms with Gasteiger partial charge in [0, 0.05) is 27.9 Å². The number of hydrogen-bond acceptors (Lipinski definition) is 6. The number of aromatic nitrogens is 4. The van der Waals surface area contributed by atoms with Gasteiger partial charge in [-0.1, -0.05) is 6.07 Å². The van der Waals surface area contributed by atoms with Crippen molar-refractivity contribution in [2.45, 2.75) is 0 Å². The molecular weight excluding hydrogens is 366 g/mol. The first-order chi connectivity index (χ1) is 14.1. The van der Waals surface area contributed by atoms with Crippen LogP contribution in [0, 0.1) is 22.7 Å². The van der Waals surface area contributed by atoms with Crippen LogP contribution in [0.5, 0.6) is 0 Å². The van der Waals surface area contributed by atoms with E-state index in [4.69, 9.17) is 5.73 Å². The molecule has 0 bridgehead atoms. The van der Waals surface area contributed by atoms with Crippen molar-refractivity contribution in [3.8, 4) is 23.3 Å². The zero-order valence-corrected chi connectivity index (χ0v) is 14.8. The van der Waals surface area contributed by atoms with E-state index in [9.17, 15) is 15.3 Å². The molecule has 29 heavy (non-hydrogen) atoms. The van der Waals surface area contributed by atoms with Crippen molar-refractivity contribution in [3.05, 3.63) is 64.2 Å². The van der Waals surface area contributed by atoms with Gasteiger partial charge in [0.15, 0.2) is 0 Å². The lowest BCUT2D eigenvalue weighted by atomic mass is 9.93. The highest BCUT2D eigenvalue weighted by atomic mass is 16.1. The normalized spacial score (nSPS) is 11.0. The number of nitriles is 2. The van der Waals surface area contributed by atoms with Crippen LogP contribution in [0.2, 0.25) is 0 Å². The molecule has 0 fully saturated rings. The maximum Gasteiger partial charge on any atom is 0.272 e. The summed E-state index contributed by atoms with van der Waals surface area (Å²) in [7, 11) is 0. The zero-order chi connectivity index (χ0) is 20.1. The predicted octanol–water partition coefficient (Wildman–Crippen LogP) is 2.95. The van der Waals surface area contributed by atoms with E-state index in [1.54, 1.807) is 42.7 Å². The first-order valence-electron chi connectivity index (χ1n) is 8.64. The average molecular weight is 377 g/mol. The number of nitrogen functional groups attached to an aromatic ring is 1. The largest absolute Gasteiger partial charge is 0.394 e. The molecule has 0 spiro atoms. The molecule has 0 aliphatic carbocycles. The third kappa shape index (κ3) is 2.20. The van der Waals surface area contributed by atoms with Gasteiger partial charge in [-0.25, -0.2) is 0 Å². The van der Waals surface area contributed by atoms with Crippen LogP contribution in [0.25, 0.3) is 43.8 Å². The summed E-state index contributed by atoms with van der Waals surface area (Å²) in [6, 6.07) is 12.9. The highest BCUT2D eigenvalue weighted by molar-refractivity contribution is 6.15. The van der Waals surface area contributed by atoms with Gasteiger partial charge in [0.05, 0.1) is 33.9 Å². The maximum atomic E-state index is 12.7. The molecular formula is C21H11N7O. The number of rotatable bonds is 1. The van der Waals surface area contributed by atoms with E-state index in [-0.39, 0.29) is 5.69 Å². The van der Waals surface area contributed by atoms with Crippen molar-refractivity contribution in [2.24, 2.45) is 0 Å². The summed E-state index contributed by atoms with van der Waals surface area (Å²) in [5.74, 6) is 0. The van der Waals surface area contributed by atoms with Crippen LogP contribution in [0.15, 0.2) is 47.5 Å². The Morgan fingerprint density at radius 3 is 2.62 bits per heavy atom. The van der Waals surface area contributed by atoms with Crippen molar-refractivity contribution in [2.75, 3.05) is 5.73 Å². The average Bonchev–Trinajstić information content (AvgIpc) is 3.24. The minimum Gasteiger partial charge on any atom is -0.394 e. The Labute approximate surface area is 162 Å². The van der Waals surface area contributed by atoms with Crippen molar-refractivity contribution in [3.63, 3.8) is 0 Å². The maximum absolute atomic E-state index is 12.7. The van der Waals surface area contributed by atoms with Crippen molar-refractivity contribution < 1.29 is 0 Å². The molecule has 3 heterocycles. The van der Waals surface area contributed by atoms with E-state index >= 15 is 0 Å².